The van der Waals surface area contributed by atoms with Gasteiger partial charge < -0.3 is 10.1 Å². The summed E-state index contributed by atoms with van der Waals surface area (Å²) in [7, 11) is 1.74. The molecule has 0 spiro atoms. The average molecular weight is 291 g/mol. The van der Waals surface area contributed by atoms with Gasteiger partial charge in [-0.25, -0.2) is 0 Å². The van der Waals surface area contributed by atoms with E-state index in [0.717, 1.165) is 25.3 Å². The van der Waals surface area contributed by atoms with Crippen LogP contribution in [0.25, 0.3) is 10.8 Å². The van der Waals surface area contributed by atoms with Crippen molar-refractivity contribution in [1.82, 2.24) is 5.32 Å². The Balaban J connectivity index is 1.70. The maximum absolute atomic E-state index is 5.54. The van der Waals surface area contributed by atoms with Gasteiger partial charge in [0.1, 0.15) is 5.75 Å². The first-order valence-corrected chi connectivity index (χ1v) is 7.68. The van der Waals surface area contributed by atoms with E-state index in [1.807, 2.05) is 6.07 Å². The zero-order valence-corrected chi connectivity index (χ0v) is 12.9. The highest BCUT2D eigenvalue weighted by Gasteiger charge is 2.07. The number of hydrogen-bond acceptors (Lipinski definition) is 2. The number of rotatable bonds is 6. The number of hydrogen-bond donors (Lipinski definition) is 1. The summed E-state index contributed by atoms with van der Waals surface area (Å²) in [6, 6.07) is 23.1. The fourth-order valence-electron chi connectivity index (χ4n) is 2.81. The van der Waals surface area contributed by atoms with E-state index in [1.165, 1.54) is 21.9 Å². The Morgan fingerprint density at radius 2 is 1.64 bits per heavy atom. The maximum atomic E-state index is 5.54. The third-order valence-corrected chi connectivity index (χ3v) is 3.94. The van der Waals surface area contributed by atoms with Gasteiger partial charge in [0.15, 0.2) is 0 Å². The molecule has 112 valence electrons. The molecule has 0 atom stereocenters. The van der Waals surface area contributed by atoms with Gasteiger partial charge in [-0.2, -0.15) is 0 Å². The summed E-state index contributed by atoms with van der Waals surface area (Å²) < 4.78 is 5.54. The molecule has 1 N–H and O–H groups in total. The number of methoxy groups -OCH3 is 1. The van der Waals surface area contributed by atoms with Crippen LogP contribution < -0.4 is 10.1 Å². The quantitative estimate of drug-likeness (QED) is 0.688. The van der Waals surface area contributed by atoms with E-state index in [0.29, 0.717) is 0 Å². The molecule has 22 heavy (non-hydrogen) atoms. The third-order valence-electron chi connectivity index (χ3n) is 3.94. The lowest BCUT2D eigenvalue weighted by Crippen LogP contribution is -2.17. The van der Waals surface area contributed by atoms with Crippen LogP contribution in [0.5, 0.6) is 5.75 Å². The van der Waals surface area contributed by atoms with Crippen LogP contribution in [-0.4, -0.2) is 13.7 Å². The minimum absolute atomic E-state index is 0.897. The van der Waals surface area contributed by atoms with E-state index in [-0.39, 0.29) is 0 Å². The zero-order chi connectivity index (χ0) is 15.2. The predicted octanol–water partition coefficient (Wildman–Crippen LogP) is 4.18. The normalized spacial score (nSPS) is 10.8. The van der Waals surface area contributed by atoms with Gasteiger partial charge in [0.2, 0.25) is 0 Å². The number of fused-ring (bicyclic) bond motifs is 1. The SMILES string of the molecule is COc1ccc2ccccc2c1CCNCc1ccccc1. The van der Waals surface area contributed by atoms with Crippen molar-refractivity contribution in [2.75, 3.05) is 13.7 Å². The highest BCUT2D eigenvalue weighted by Crippen LogP contribution is 2.28. The molecule has 2 nitrogen and oxygen atoms in total. The Hall–Kier alpha value is -2.32. The van der Waals surface area contributed by atoms with Crippen molar-refractivity contribution in [3.63, 3.8) is 0 Å². The molecule has 0 saturated carbocycles. The van der Waals surface area contributed by atoms with Gasteiger partial charge in [-0.3, -0.25) is 0 Å². The van der Waals surface area contributed by atoms with Crippen LogP contribution in [0.4, 0.5) is 0 Å². The summed E-state index contributed by atoms with van der Waals surface area (Å²) in [6.45, 7) is 1.83. The lowest BCUT2D eigenvalue weighted by Gasteiger charge is -2.12. The molecule has 2 heteroatoms. The smallest absolute Gasteiger partial charge is 0.122 e. The van der Waals surface area contributed by atoms with Crippen LogP contribution in [0.3, 0.4) is 0 Å². The van der Waals surface area contributed by atoms with E-state index in [4.69, 9.17) is 4.74 Å². The first kappa shape index (κ1) is 14.6. The van der Waals surface area contributed by atoms with E-state index in [9.17, 15) is 0 Å². The molecule has 0 amide bonds. The first-order valence-electron chi connectivity index (χ1n) is 7.68. The van der Waals surface area contributed by atoms with Crippen LogP contribution in [0, 0.1) is 0 Å². The Labute approximate surface area is 131 Å². The lowest BCUT2D eigenvalue weighted by atomic mass is 10.0. The molecule has 0 heterocycles. The van der Waals surface area contributed by atoms with E-state index in [1.54, 1.807) is 7.11 Å². The van der Waals surface area contributed by atoms with Gasteiger partial charge in [-0.1, -0.05) is 60.7 Å². The second-order valence-electron chi connectivity index (χ2n) is 5.38. The topological polar surface area (TPSA) is 21.3 Å². The third kappa shape index (κ3) is 3.29. The highest BCUT2D eigenvalue weighted by molar-refractivity contribution is 5.87. The minimum atomic E-state index is 0.897. The number of benzene rings is 3. The molecular weight excluding hydrogens is 270 g/mol. The zero-order valence-electron chi connectivity index (χ0n) is 12.9. The van der Waals surface area contributed by atoms with Gasteiger partial charge in [-0.05, 0) is 35.4 Å². The van der Waals surface area contributed by atoms with Gasteiger partial charge >= 0.3 is 0 Å². The summed E-state index contributed by atoms with van der Waals surface area (Å²) in [5.74, 6) is 0.972. The molecule has 3 aromatic carbocycles. The Bertz CT molecular complexity index is 737. The van der Waals surface area contributed by atoms with Crippen molar-refractivity contribution in [3.05, 3.63) is 77.9 Å². The van der Waals surface area contributed by atoms with E-state index >= 15 is 0 Å². The van der Waals surface area contributed by atoms with Gasteiger partial charge in [0, 0.05) is 12.1 Å². The largest absolute Gasteiger partial charge is 0.496 e. The minimum Gasteiger partial charge on any atom is -0.496 e. The molecule has 0 aliphatic carbocycles. The van der Waals surface area contributed by atoms with Gasteiger partial charge in [0.05, 0.1) is 7.11 Å². The molecule has 0 saturated heterocycles. The Morgan fingerprint density at radius 3 is 2.45 bits per heavy atom. The Morgan fingerprint density at radius 1 is 0.864 bits per heavy atom. The van der Waals surface area contributed by atoms with Crippen LogP contribution in [0.2, 0.25) is 0 Å². The summed E-state index contributed by atoms with van der Waals surface area (Å²) in [5.41, 5.74) is 2.59. The Kier molecular flexibility index (Phi) is 4.71. The second-order valence-corrected chi connectivity index (χ2v) is 5.38. The van der Waals surface area contributed by atoms with Crippen LogP contribution in [-0.2, 0) is 13.0 Å². The maximum Gasteiger partial charge on any atom is 0.122 e. The second kappa shape index (κ2) is 7.10. The summed E-state index contributed by atoms with van der Waals surface area (Å²) in [5, 5.41) is 6.06. The molecule has 0 aliphatic heterocycles. The van der Waals surface area contributed by atoms with Gasteiger partial charge in [0.25, 0.3) is 0 Å². The van der Waals surface area contributed by atoms with Gasteiger partial charge in [-0.15, -0.1) is 0 Å². The summed E-state index contributed by atoms with van der Waals surface area (Å²) in [6.07, 6.45) is 0.956. The number of ether oxygens (including phenoxy) is 1. The van der Waals surface area contributed by atoms with Crippen molar-refractivity contribution < 1.29 is 4.74 Å². The molecule has 0 aliphatic rings. The fourth-order valence-corrected chi connectivity index (χ4v) is 2.81. The lowest BCUT2D eigenvalue weighted by molar-refractivity contribution is 0.410. The molecule has 3 aromatic rings. The predicted molar refractivity (Wildman–Crippen MR) is 92.4 cm³/mol. The molecule has 0 aromatic heterocycles. The monoisotopic (exact) mass is 291 g/mol. The summed E-state index contributed by atoms with van der Waals surface area (Å²) >= 11 is 0. The van der Waals surface area contributed by atoms with Crippen molar-refractivity contribution in [3.8, 4) is 5.75 Å². The summed E-state index contributed by atoms with van der Waals surface area (Å²) in [4.78, 5) is 0. The molecule has 3 rings (SSSR count). The standard InChI is InChI=1S/C20H21NO/c1-22-20-12-11-17-9-5-6-10-18(17)19(20)13-14-21-15-16-7-3-2-4-8-16/h2-12,21H,13-15H2,1H3. The van der Waals surface area contributed by atoms with E-state index < -0.39 is 0 Å². The average Bonchev–Trinajstić information content (AvgIpc) is 2.59. The van der Waals surface area contributed by atoms with Crippen molar-refractivity contribution in [2.45, 2.75) is 13.0 Å². The highest BCUT2D eigenvalue weighted by atomic mass is 16.5. The van der Waals surface area contributed by atoms with E-state index in [2.05, 4.69) is 66.0 Å². The van der Waals surface area contributed by atoms with Crippen LogP contribution in [0.15, 0.2) is 66.7 Å². The fraction of sp³-hybridized carbons (Fsp3) is 0.200. The van der Waals surface area contributed by atoms with Crippen molar-refractivity contribution in [2.24, 2.45) is 0 Å². The van der Waals surface area contributed by atoms with Crippen molar-refractivity contribution >= 4 is 10.8 Å². The molecule has 0 unspecified atom stereocenters. The molecule has 0 bridgehead atoms. The van der Waals surface area contributed by atoms with Crippen molar-refractivity contribution in [1.29, 1.82) is 0 Å². The molecule has 0 radical (unpaired) electrons. The van der Waals surface area contributed by atoms with Crippen LogP contribution in [0.1, 0.15) is 11.1 Å². The number of nitrogens with one attached hydrogen (secondary N) is 1. The molecule has 0 fully saturated rings. The molecular formula is C20H21NO. The first-order chi connectivity index (χ1) is 10.9. The van der Waals surface area contributed by atoms with Crippen LogP contribution >= 0.6 is 0 Å².